The maximum absolute atomic E-state index is 12.6. The number of carbonyl (C=O) groups is 1. The Morgan fingerprint density at radius 1 is 1.13 bits per heavy atom. The van der Waals surface area contributed by atoms with Crippen LogP contribution in [0.4, 0.5) is 5.69 Å². The predicted octanol–water partition coefficient (Wildman–Crippen LogP) is 3.20. The Kier molecular flexibility index (Phi) is 6.47. The number of nitrogens with one attached hydrogen (secondary N) is 1. The van der Waals surface area contributed by atoms with Crippen LogP contribution in [0.2, 0.25) is 0 Å². The van der Waals surface area contributed by atoms with Crippen LogP contribution in [0.5, 0.6) is 0 Å². The van der Waals surface area contributed by atoms with Gasteiger partial charge >= 0.3 is 0 Å². The van der Waals surface area contributed by atoms with Gasteiger partial charge in [-0.2, -0.15) is 0 Å². The maximum atomic E-state index is 12.6. The molecule has 0 aliphatic heterocycles. The van der Waals surface area contributed by atoms with Crippen molar-refractivity contribution in [3.8, 4) is 0 Å². The number of benzene rings is 1. The van der Waals surface area contributed by atoms with E-state index in [0.29, 0.717) is 18.5 Å². The largest absolute Gasteiger partial charge is 0.328 e. The summed E-state index contributed by atoms with van der Waals surface area (Å²) in [6, 6.07) is 6.90. The molecule has 1 amide bonds. The molecule has 0 spiro atoms. The lowest BCUT2D eigenvalue weighted by Gasteiger charge is -2.12. The summed E-state index contributed by atoms with van der Waals surface area (Å²) in [6.07, 6.45) is 0.709. The van der Waals surface area contributed by atoms with E-state index in [1.165, 1.54) is 18.4 Å². The van der Waals surface area contributed by atoms with Crippen LogP contribution in [-0.2, 0) is 27.8 Å². The van der Waals surface area contributed by atoms with E-state index in [1.54, 1.807) is 18.2 Å². The van der Waals surface area contributed by atoms with Gasteiger partial charge in [0.2, 0.25) is 15.9 Å². The lowest BCUT2D eigenvalue weighted by atomic mass is 10.1. The number of hydrogen-bond donors (Lipinski definition) is 1. The van der Waals surface area contributed by atoms with E-state index < -0.39 is 10.0 Å². The van der Waals surface area contributed by atoms with Crippen LogP contribution >= 0.6 is 0 Å². The molecule has 0 aliphatic carbocycles. The Hall–Kier alpha value is -2.78. The van der Waals surface area contributed by atoms with Crippen molar-refractivity contribution < 1.29 is 13.2 Å². The summed E-state index contributed by atoms with van der Waals surface area (Å²) in [7, 11) is -0.534. The molecule has 0 saturated carbocycles. The van der Waals surface area contributed by atoms with Crippen molar-refractivity contribution in [3.63, 3.8) is 0 Å². The van der Waals surface area contributed by atoms with Crippen molar-refractivity contribution in [2.45, 2.75) is 52.0 Å². The van der Waals surface area contributed by atoms with Gasteiger partial charge in [0.05, 0.1) is 27.3 Å². The lowest BCUT2D eigenvalue weighted by Crippen LogP contribution is -2.22. The number of sulfonamides is 1. The summed E-state index contributed by atoms with van der Waals surface area (Å²) in [4.78, 5) is 21.8. The van der Waals surface area contributed by atoms with Crippen molar-refractivity contribution in [1.82, 2.24) is 18.8 Å². The van der Waals surface area contributed by atoms with Crippen LogP contribution in [0.1, 0.15) is 36.1 Å². The third-order valence-electron chi connectivity index (χ3n) is 5.26. The van der Waals surface area contributed by atoms with Gasteiger partial charge in [-0.25, -0.2) is 17.7 Å². The molecule has 2 aromatic heterocycles. The molecule has 2 heterocycles. The Morgan fingerprint density at radius 3 is 2.45 bits per heavy atom. The normalized spacial score (nSPS) is 12.0. The van der Waals surface area contributed by atoms with Crippen LogP contribution in [0.15, 0.2) is 29.2 Å². The molecule has 0 bridgehead atoms. The minimum absolute atomic E-state index is 0.109. The monoisotopic (exact) mass is 443 g/mol. The van der Waals surface area contributed by atoms with Gasteiger partial charge in [-0.3, -0.25) is 9.78 Å². The van der Waals surface area contributed by atoms with E-state index in [-0.39, 0.29) is 17.2 Å². The molecule has 3 aromatic rings. The van der Waals surface area contributed by atoms with Gasteiger partial charge in [-0.1, -0.05) is 0 Å². The molecule has 8 nitrogen and oxygen atoms in total. The number of anilines is 1. The lowest BCUT2D eigenvalue weighted by molar-refractivity contribution is -0.116. The fourth-order valence-corrected chi connectivity index (χ4v) is 4.64. The van der Waals surface area contributed by atoms with E-state index in [4.69, 9.17) is 0 Å². The Bertz CT molecular complexity index is 1220. The Labute approximate surface area is 183 Å². The molecule has 3 rings (SSSR count). The van der Waals surface area contributed by atoms with Gasteiger partial charge in [0.1, 0.15) is 5.82 Å². The zero-order chi connectivity index (χ0) is 22.9. The number of fused-ring (bicyclic) bond motifs is 1. The first-order valence-electron chi connectivity index (χ1n) is 10.2. The first-order chi connectivity index (χ1) is 14.5. The van der Waals surface area contributed by atoms with Crippen molar-refractivity contribution in [3.05, 3.63) is 47.0 Å². The van der Waals surface area contributed by atoms with E-state index in [2.05, 4.69) is 15.3 Å². The molecule has 166 valence electrons. The Morgan fingerprint density at radius 2 is 1.84 bits per heavy atom. The maximum Gasteiger partial charge on any atom is 0.242 e. The fraction of sp³-hybridized carbons (Fsp3) is 0.409. The number of rotatable bonds is 7. The highest BCUT2D eigenvalue weighted by atomic mass is 32.2. The summed E-state index contributed by atoms with van der Waals surface area (Å²) >= 11 is 0. The molecule has 0 saturated heterocycles. The van der Waals surface area contributed by atoms with Crippen LogP contribution in [-0.4, -0.2) is 47.3 Å². The van der Waals surface area contributed by atoms with E-state index in [0.717, 1.165) is 34.0 Å². The zero-order valence-corrected chi connectivity index (χ0v) is 19.7. The van der Waals surface area contributed by atoms with Crippen molar-refractivity contribution >= 4 is 32.7 Å². The zero-order valence-electron chi connectivity index (χ0n) is 18.9. The number of amides is 1. The molecule has 31 heavy (non-hydrogen) atoms. The average Bonchev–Trinajstić information content (AvgIpc) is 3.05. The van der Waals surface area contributed by atoms with Gasteiger partial charge in [-0.15, -0.1) is 0 Å². The summed E-state index contributed by atoms with van der Waals surface area (Å²) < 4.78 is 28.1. The molecule has 0 atom stereocenters. The third kappa shape index (κ3) is 4.62. The second-order valence-corrected chi connectivity index (χ2v) is 9.95. The van der Waals surface area contributed by atoms with E-state index in [9.17, 15) is 13.2 Å². The minimum atomic E-state index is -3.54. The van der Waals surface area contributed by atoms with Crippen LogP contribution in [0.3, 0.4) is 0 Å². The first-order valence-corrected chi connectivity index (χ1v) is 11.6. The van der Waals surface area contributed by atoms with Crippen LogP contribution in [0, 0.1) is 20.8 Å². The van der Waals surface area contributed by atoms with Gasteiger partial charge < -0.3 is 9.88 Å². The van der Waals surface area contributed by atoms with E-state index in [1.807, 2.05) is 38.3 Å². The highest BCUT2D eigenvalue weighted by Crippen LogP contribution is 2.23. The Balaban J connectivity index is 1.82. The highest BCUT2D eigenvalue weighted by molar-refractivity contribution is 7.89. The SMILES string of the molecule is CCn1c(CCC(=O)Nc2c(C)cc(C)nc2C)nc2cc(S(=O)(=O)N(C)C)ccc21. The molecule has 0 aliphatic rings. The standard InChI is InChI=1S/C22H29N5O3S/c1-7-27-19-9-8-17(31(29,30)26(5)6)13-18(19)24-20(27)10-11-21(28)25-22-14(2)12-15(3)23-16(22)4/h8-9,12-13H,7,10-11H2,1-6H3,(H,25,28). The highest BCUT2D eigenvalue weighted by Gasteiger charge is 2.20. The van der Waals surface area contributed by atoms with Crippen LogP contribution < -0.4 is 5.32 Å². The van der Waals surface area contributed by atoms with Crippen molar-refractivity contribution in [2.75, 3.05) is 19.4 Å². The van der Waals surface area contributed by atoms with Crippen LogP contribution in [0.25, 0.3) is 11.0 Å². The number of aromatic nitrogens is 3. The van der Waals surface area contributed by atoms with Gasteiger partial charge in [0.15, 0.2) is 0 Å². The second-order valence-electron chi connectivity index (χ2n) is 7.80. The molecule has 9 heteroatoms. The topological polar surface area (TPSA) is 97.2 Å². The number of pyridine rings is 1. The minimum Gasteiger partial charge on any atom is -0.328 e. The summed E-state index contributed by atoms with van der Waals surface area (Å²) in [5, 5.41) is 2.97. The molecule has 1 N–H and O–H groups in total. The molecular weight excluding hydrogens is 414 g/mol. The molecule has 1 aromatic carbocycles. The molecule has 0 unspecified atom stereocenters. The summed E-state index contributed by atoms with van der Waals surface area (Å²) in [5.74, 6) is 0.643. The second kappa shape index (κ2) is 8.76. The number of imidazole rings is 1. The molecule has 0 radical (unpaired) electrons. The third-order valence-corrected chi connectivity index (χ3v) is 7.07. The van der Waals surface area contributed by atoms with Gasteiger partial charge in [0.25, 0.3) is 0 Å². The van der Waals surface area contributed by atoms with Gasteiger partial charge in [-0.05, 0) is 57.5 Å². The average molecular weight is 444 g/mol. The van der Waals surface area contributed by atoms with Crippen molar-refractivity contribution in [1.29, 1.82) is 0 Å². The fourth-order valence-electron chi connectivity index (χ4n) is 3.71. The molecule has 0 fully saturated rings. The smallest absolute Gasteiger partial charge is 0.242 e. The summed E-state index contributed by atoms with van der Waals surface area (Å²) in [5.41, 5.74) is 4.90. The number of hydrogen-bond acceptors (Lipinski definition) is 5. The van der Waals surface area contributed by atoms with Crippen molar-refractivity contribution in [2.24, 2.45) is 0 Å². The number of carbonyl (C=O) groups excluding carboxylic acids is 1. The number of aryl methyl sites for hydroxylation is 5. The first kappa shape index (κ1) is 22.9. The summed E-state index contributed by atoms with van der Waals surface area (Å²) in [6.45, 7) is 8.43. The predicted molar refractivity (Wildman–Crippen MR) is 122 cm³/mol. The quantitative estimate of drug-likeness (QED) is 0.605. The van der Waals surface area contributed by atoms with E-state index >= 15 is 0 Å². The number of nitrogens with zero attached hydrogens (tertiary/aromatic N) is 4. The van der Waals surface area contributed by atoms with Gasteiger partial charge in [0, 0.05) is 39.2 Å². The molecular formula is C22H29N5O3S.